The van der Waals surface area contributed by atoms with Crippen LogP contribution in [0.2, 0.25) is 0 Å². The van der Waals surface area contributed by atoms with Gasteiger partial charge in [-0.05, 0) is 70.8 Å². The van der Waals surface area contributed by atoms with Gasteiger partial charge < -0.3 is 4.90 Å². The highest BCUT2D eigenvalue weighted by Gasteiger charge is 2.33. The number of hydrogen-bond acceptors (Lipinski definition) is 4. The van der Waals surface area contributed by atoms with E-state index in [2.05, 4.69) is 0 Å². The Balaban J connectivity index is 1.33. The first kappa shape index (κ1) is 23.3. The summed E-state index contributed by atoms with van der Waals surface area (Å²) in [7, 11) is 0. The highest BCUT2D eigenvalue weighted by Crippen LogP contribution is 2.43. The van der Waals surface area contributed by atoms with E-state index in [0.29, 0.717) is 16.8 Å². The van der Waals surface area contributed by atoms with Crippen molar-refractivity contribution in [1.82, 2.24) is 0 Å². The number of hydrogen-bond donors (Lipinski definition) is 0. The molecule has 0 fully saturated rings. The van der Waals surface area contributed by atoms with Crippen LogP contribution in [0, 0.1) is 5.82 Å². The van der Waals surface area contributed by atoms with Crippen molar-refractivity contribution in [1.29, 1.82) is 0 Å². The van der Waals surface area contributed by atoms with Gasteiger partial charge in [0.2, 0.25) is 0 Å². The second kappa shape index (κ2) is 9.15. The molecule has 0 bridgehead atoms. The molecule has 0 saturated carbocycles. The van der Waals surface area contributed by atoms with E-state index < -0.39 is 0 Å². The second-order valence-corrected chi connectivity index (χ2v) is 10.5. The van der Waals surface area contributed by atoms with Crippen molar-refractivity contribution in [3.63, 3.8) is 0 Å². The number of fused-ring (bicyclic) bond motifs is 3. The monoisotopic (exact) mass is 525 g/mol. The molecule has 1 aliphatic rings. The van der Waals surface area contributed by atoms with Crippen LogP contribution in [0.1, 0.15) is 25.6 Å². The number of carbonyl (C=O) groups is 2. The van der Waals surface area contributed by atoms with Gasteiger partial charge >= 0.3 is 0 Å². The number of halogens is 1. The Hall–Kier alpha value is -4.87. The molecule has 5 heteroatoms. The lowest BCUT2D eigenvalue weighted by atomic mass is 10.0. The molecule has 0 radical (unpaired) electrons. The van der Waals surface area contributed by atoms with Crippen LogP contribution in [-0.2, 0) is 0 Å². The smallest absolute Gasteiger partial charge is 0.197 e. The van der Waals surface area contributed by atoms with Crippen molar-refractivity contribution < 1.29 is 14.0 Å². The molecule has 0 unspecified atom stereocenters. The second-order valence-electron chi connectivity index (χ2n) is 9.45. The number of rotatable bonds is 4. The van der Waals surface area contributed by atoms with E-state index in [0.717, 1.165) is 37.1 Å². The maximum Gasteiger partial charge on any atom is 0.197 e. The molecule has 0 aliphatic heterocycles. The van der Waals surface area contributed by atoms with Gasteiger partial charge in [-0.2, -0.15) is 0 Å². The SMILES string of the molecule is O=C1C(=Cc2ccc(N(c3cccc(F)c3)c3cccc4ccccc34)s2)C(=O)c2cc3ccccc3cc21. The zero-order valence-corrected chi connectivity index (χ0v) is 21.4. The number of nitrogens with zero attached hydrogens (tertiary/aromatic N) is 1. The molecule has 5 aromatic carbocycles. The van der Waals surface area contributed by atoms with Crippen LogP contribution in [0.25, 0.3) is 27.6 Å². The fourth-order valence-electron chi connectivity index (χ4n) is 5.23. The number of ketones is 2. The third kappa shape index (κ3) is 3.95. The van der Waals surface area contributed by atoms with Crippen LogP contribution < -0.4 is 4.90 Å². The molecule has 0 saturated heterocycles. The summed E-state index contributed by atoms with van der Waals surface area (Å²) < 4.78 is 14.4. The van der Waals surface area contributed by atoms with Crippen LogP contribution in [0.3, 0.4) is 0 Å². The third-order valence-corrected chi connectivity index (χ3v) is 8.08. The van der Waals surface area contributed by atoms with Gasteiger partial charge in [0.05, 0.1) is 11.3 Å². The van der Waals surface area contributed by atoms with E-state index in [1.807, 2.05) is 89.8 Å². The Morgan fingerprint density at radius 2 is 1.28 bits per heavy atom. The van der Waals surface area contributed by atoms with E-state index in [1.54, 1.807) is 24.3 Å². The quantitative estimate of drug-likeness (QED) is 0.170. The summed E-state index contributed by atoms with van der Waals surface area (Å²) in [6, 6.07) is 35.8. The molecule has 39 heavy (non-hydrogen) atoms. The van der Waals surface area contributed by atoms with Crippen molar-refractivity contribution in [2.24, 2.45) is 0 Å². The molecule has 1 heterocycles. The predicted molar refractivity (Wildman–Crippen MR) is 157 cm³/mol. The van der Waals surface area contributed by atoms with Gasteiger partial charge in [0.15, 0.2) is 11.6 Å². The molecule has 0 N–H and O–H groups in total. The summed E-state index contributed by atoms with van der Waals surface area (Å²) >= 11 is 1.44. The highest BCUT2D eigenvalue weighted by molar-refractivity contribution is 7.17. The van der Waals surface area contributed by atoms with E-state index >= 15 is 0 Å². The van der Waals surface area contributed by atoms with Gasteiger partial charge in [0.1, 0.15) is 10.8 Å². The standard InChI is InChI=1S/C34H20FNO2S/c35-24-11-6-12-25(19-24)36(31-14-5-10-21-7-3-4-13-27(21)31)32-16-15-26(39-32)20-30-33(37)28-17-22-8-1-2-9-23(22)18-29(28)34(30)38/h1-20H. The van der Waals surface area contributed by atoms with E-state index in [1.165, 1.54) is 23.5 Å². The highest BCUT2D eigenvalue weighted by atomic mass is 32.1. The van der Waals surface area contributed by atoms with E-state index in [4.69, 9.17) is 0 Å². The van der Waals surface area contributed by atoms with Crippen molar-refractivity contribution >= 4 is 66.9 Å². The van der Waals surface area contributed by atoms with Gasteiger partial charge in [0, 0.05) is 27.1 Å². The van der Waals surface area contributed by atoms with Gasteiger partial charge in [-0.15, -0.1) is 11.3 Å². The third-order valence-electron chi connectivity index (χ3n) is 7.06. The fraction of sp³-hybridized carbons (Fsp3) is 0. The predicted octanol–water partition coefficient (Wildman–Crippen LogP) is 9.13. The molecule has 0 atom stereocenters. The normalized spacial score (nSPS) is 12.8. The minimum atomic E-state index is -0.330. The molecular formula is C34H20FNO2S. The molecule has 1 aromatic heterocycles. The van der Waals surface area contributed by atoms with Crippen molar-refractivity contribution in [2.75, 3.05) is 4.90 Å². The Morgan fingerprint density at radius 3 is 2.00 bits per heavy atom. The van der Waals surface area contributed by atoms with Gasteiger partial charge in [0.25, 0.3) is 0 Å². The molecular weight excluding hydrogens is 505 g/mol. The molecule has 0 amide bonds. The number of thiophene rings is 1. The summed E-state index contributed by atoms with van der Waals surface area (Å²) in [5, 5.41) is 4.80. The van der Waals surface area contributed by atoms with E-state index in [9.17, 15) is 14.0 Å². The number of allylic oxidation sites excluding steroid dienone is 1. The summed E-state index contributed by atoms with van der Waals surface area (Å²) in [5.41, 5.74) is 2.64. The summed E-state index contributed by atoms with van der Waals surface area (Å²) in [5.74, 6) is -0.845. The average Bonchev–Trinajstić information content (AvgIpc) is 3.51. The number of benzene rings is 5. The number of carbonyl (C=O) groups excluding carboxylic acids is 2. The topological polar surface area (TPSA) is 37.4 Å². The van der Waals surface area contributed by atoms with Crippen molar-refractivity contribution in [2.45, 2.75) is 0 Å². The average molecular weight is 526 g/mol. The largest absolute Gasteiger partial charge is 0.301 e. The Kier molecular flexibility index (Phi) is 5.46. The maximum atomic E-state index is 14.4. The molecule has 3 nitrogen and oxygen atoms in total. The van der Waals surface area contributed by atoms with Crippen molar-refractivity contribution in [3.05, 3.63) is 143 Å². The molecule has 7 rings (SSSR count). The molecule has 6 aromatic rings. The van der Waals surface area contributed by atoms with Crippen molar-refractivity contribution in [3.8, 4) is 0 Å². The zero-order chi connectivity index (χ0) is 26.5. The summed E-state index contributed by atoms with van der Waals surface area (Å²) in [6.07, 6.45) is 1.68. The van der Waals surface area contributed by atoms with Crippen LogP contribution >= 0.6 is 11.3 Å². The lowest BCUT2D eigenvalue weighted by Gasteiger charge is -2.25. The van der Waals surface area contributed by atoms with Crippen LogP contribution in [0.4, 0.5) is 20.8 Å². The minimum absolute atomic E-state index is 0.163. The molecule has 1 aliphatic carbocycles. The van der Waals surface area contributed by atoms with Gasteiger partial charge in [-0.1, -0.05) is 66.7 Å². The minimum Gasteiger partial charge on any atom is -0.301 e. The maximum absolute atomic E-state index is 14.4. The number of anilines is 3. The molecule has 186 valence electrons. The van der Waals surface area contributed by atoms with Crippen LogP contribution in [0.5, 0.6) is 0 Å². The first-order chi connectivity index (χ1) is 19.1. The Morgan fingerprint density at radius 1 is 0.641 bits per heavy atom. The van der Waals surface area contributed by atoms with E-state index in [-0.39, 0.29) is 23.0 Å². The number of Topliss-reactive ketones (excluding diaryl/α,β-unsaturated/α-hetero) is 2. The zero-order valence-electron chi connectivity index (χ0n) is 20.6. The molecule has 0 spiro atoms. The lowest BCUT2D eigenvalue weighted by molar-refractivity contribution is 0.0990. The lowest BCUT2D eigenvalue weighted by Crippen LogP contribution is -2.09. The van der Waals surface area contributed by atoms with Gasteiger partial charge in [-0.25, -0.2) is 4.39 Å². The first-order valence-electron chi connectivity index (χ1n) is 12.5. The summed E-state index contributed by atoms with van der Waals surface area (Å²) in [6.45, 7) is 0. The fourth-order valence-corrected chi connectivity index (χ4v) is 6.21. The Labute approximate surface area is 228 Å². The first-order valence-corrected chi connectivity index (χ1v) is 13.4. The van der Waals surface area contributed by atoms with Gasteiger partial charge in [-0.3, -0.25) is 9.59 Å². The Bertz CT molecular complexity index is 1930. The van der Waals surface area contributed by atoms with Crippen LogP contribution in [0.15, 0.2) is 121 Å². The van der Waals surface area contributed by atoms with Crippen LogP contribution in [-0.4, -0.2) is 11.6 Å². The summed E-state index contributed by atoms with van der Waals surface area (Å²) in [4.78, 5) is 29.3.